The van der Waals surface area contributed by atoms with E-state index in [0.29, 0.717) is 11.2 Å². The average Bonchev–Trinajstić information content (AvgIpc) is 2.41. The quantitative estimate of drug-likeness (QED) is 0.834. The number of hydrogen-bond acceptors (Lipinski definition) is 3. The van der Waals surface area contributed by atoms with E-state index < -0.39 is 0 Å². The van der Waals surface area contributed by atoms with Gasteiger partial charge in [0, 0.05) is 28.7 Å². The van der Waals surface area contributed by atoms with E-state index >= 15 is 0 Å². The number of fused-ring (bicyclic) bond motifs is 1. The Morgan fingerprint density at radius 1 is 1.16 bits per heavy atom. The lowest BCUT2D eigenvalue weighted by molar-refractivity contribution is 0.479. The van der Waals surface area contributed by atoms with Gasteiger partial charge in [-0.05, 0) is 38.1 Å². The molecule has 2 aromatic rings. The molecule has 2 heterocycles. The predicted molar refractivity (Wildman–Crippen MR) is 83.5 cm³/mol. The molecule has 0 amide bonds. The van der Waals surface area contributed by atoms with E-state index in [2.05, 4.69) is 21.7 Å². The van der Waals surface area contributed by atoms with Crippen molar-refractivity contribution in [1.82, 2.24) is 10.3 Å². The molecule has 102 valence electrons. The van der Waals surface area contributed by atoms with Gasteiger partial charge in [0.25, 0.3) is 0 Å². The average molecular weight is 298 g/mol. The number of pyridine rings is 1. The number of nitrogens with zero attached hydrogens (tertiary/aromatic N) is 1. The smallest absolute Gasteiger partial charge is 0.136 e. The molecule has 1 aliphatic heterocycles. The topological polar surface area (TPSA) is 37.0 Å². The Labute approximate surface area is 124 Å². The maximum absolute atomic E-state index is 6.12. The summed E-state index contributed by atoms with van der Waals surface area (Å²) in [5, 5.41) is 9.73. The van der Waals surface area contributed by atoms with Gasteiger partial charge in [-0.25, -0.2) is 4.98 Å². The third-order valence-corrected chi connectivity index (χ3v) is 3.76. The van der Waals surface area contributed by atoms with E-state index in [9.17, 15) is 0 Å². The van der Waals surface area contributed by atoms with Crippen molar-refractivity contribution in [2.75, 3.05) is 18.4 Å². The number of aromatic nitrogens is 1. The molecule has 0 atom stereocenters. The van der Waals surface area contributed by atoms with Crippen LogP contribution >= 0.6 is 24.0 Å². The van der Waals surface area contributed by atoms with E-state index in [1.807, 2.05) is 18.2 Å². The van der Waals surface area contributed by atoms with Crippen LogP contribution in [0.4, 0.5) is 5.69 Å². The number of halogens is 2. The highest BCUT2D eigenvalue weighted by molar-refractivity contribution is 6.34. The van der Waals surface area contributed by atoms with Crippen molar-refractivity contribution in [2.24, 2.45) is 0 Å². The standard InChI is InChI=1S/C14H16ClN3.ClH/c15-14-12-2-1-3-13(11(12)6-9-17-14)18-10-4-7-16-8-5-10;/h1-3,6,9-10,16,18H,4-5,7-8H2;1H. The van der Waals surface area contributed by atoms with Crippen LogP contribution in [0.15, 0.2) is 30.5 Å². The van der Waals surface area contributed by atoms with Gasteiger partial charge in [-0.2, -0.15) is 0 Å². The Balaban J connectivity index is 0.00000133. The summed E-state index contributed by atoms with van der Waals surface area (Å²) < 4.78 is 0. The van der Waals surface area contributed by atoms with Gasteiger partial charge >= 0.3 is 0 Å². The summed E-state index contributed by atoms with van der Waals surface area (Å²) in [5.41, 5.74) is 1.16. The normalized spacial score (nSPS) is 16.1. The van der Waals surface area contributed by atoms with Crippen LogP contribution in [0.3, 0.4) is 0 Å². The van der Waals surface area contributed by atoms with E-state index in [4.69, 9.17) is 11.6 Å². The highest BCUT2D eigenvalue weighted by Crippen LogP contribution is 2.28. The number of anilines is 1. The molecule has 3 nitrogen and oxygen atoms in total. The number of rotatable bonds is 2. The fourth-order valence-electron chi connectivity index (χ4n) is 2.48. The fourth-order valence-corrected chi connectivity index (χ4v) is 2.70. The van der Waals surface area contributed by atoms with Crippen LogP contribution in [0, 0.1) is 0 Å². The Hall–Kier alpha value is -1.03. The van der Waals surface area contributed by atoms with Crippen molar-refractivity contribution in [1.29, 1.82) is 0 Å². The molecule has 1 aromatic heterocycles. The van der Waals surface area contributed by atoms with Crippen molar-refractivity contribution in [2.45, 2.75) is 18.9 Å². The summed E-state index contributed by atoms with van der Waals surface area (Å²) in [5.74, 6) is 0. The highest BCUT2D eigenvalue weighted by atomic mass is 35.5. The number of piperidine rings is 1. The Kier molecular flexibility index (Phi) is 4.86. The molecule has 2 N–H and O–H groups in total. The number of hydrogen-bond donors (Lipinski definition) is 2. The summed E-state index contributed by atoms with van der Waals surface area (Å²) in [6.07, 6.45) is 4.09. The molecule has 1 saturated heterocycles. The van der Waals surface area contributed by atoms with E-state index in [0.717, 1.165) is 42.4 Å². The van der Waals surface area contributed by atoms with Crippen molar-refractivity contribution >= 4 is 40.5 Å². The molecule has 0 bridgehead atoms. The van der Waals surface area contributed by atoms with Crippen molar-refractivity contribution in [3.63, 3.8) is 0 Å². The minimum absolute atomic E-state index is 0. The van der Waals surface area contributed by atoms with Gasteiger partial charge in [0.15, 0.2) is 0 Å². The molecule has 0 saturated carbocycles. The minimum Gasteiger partial charge on any atom is -0.382 e. The van der Waals surface area contributed by atoms with Gasteiger partial charge in [0.05, 0.1) is 0 Å². The van der Waals surface area contributed by atoms with Gasteiger partial charge in [-0.1, -0.05) is 23.7 Å². The van der Waals surface area contributed by atoms with Crippen LogP contribution in [0.25, 0.3) is 10.8 Å². The summed E-state index contributed by atoms with van der Waals surface area (Å²) in [6, 6.07) is 8.71. The fraction of sp³-hybridized carbons (Fsp3) is 0.357. The first-order valence-corrected chi connectivity index (χ1v) is 6.73. The van der Waals surface area contributed by atoms with Crippen molar-refractivity contribution in [3.05, 3.63) is 35.6 Å². The van der Waals surface area contributed by atoms with Crippen molar-refractivity contribution < 1.29 is 0 Å². The second-order valence-corrected chi connectivity index (χ2v) is 5.03. The first-order valence-electron chi connectivity index (χ1n) is 6.35. The lowest BCUT2D eigenvalue weighted by Crippen LogP contribution is -2.35. The third kappa shape index (κ3) is 3.11. The predicted octanol–water partition coefficient (Wildman–Crippen LogP) is 3.47. The van der Waals surface area contributed by atoms with E-state index in [1.165, 1.54) is 0 Å². The largest absolute Gasteiger partial charge is 0.382 e. The minimum atomic E-state index is 0. The van der Waals surface area contributed by atoms with Gasteiger partial charge in [0.2, 0.25) is 0 Å². The van der Waals surface area contributed by atoms with E-state index in [1.54, 1.807) is 6.20 Å². The first kappa shape index (κ1) is 14.4. The third-order valence-electron chi connectivity index (χ3n) is 3.46. The molecule has 0 unspecified atom stereocenters. The monoisotopic (exact) mass is 297 g/mol. The molecule has 1 fully saturated rings. The second kappa shape index (κ2) is 6.42. The highest BCUT2D eigenvalue weighted by Gasteiger charge is 2.13. The Morgan fingerprint density at radius 2 is 1.95 bits per heavy atom. The van der Waals surface area contributed by atoms with Gasteiger partial charge in [-0.3, -0.25) is 0 Å². The molecule has 3 rings (SSSR count). The molecule has 5 heteroatoms. The van der Waals surface area contributed by atoms with Crippen LogP contribution in [0.2, 0.25) is 5.15 Å². The molecule has 0 aliphatic carbocycles. The first-order chi connectivity index (χ1) is 8.84. The molecule has 0 radical (unpaired) electrons. The molecule has 1 aromatic carbocycles. The maximum Gasteiger partial charge on any atom is 0.136 e. The number of nitrogens with one attached hydrogen (secondary N) is 2. The second-order valence-electron chi connectivity index (χ2n) is 4.67. The SMILES string of the molecule is Cl.Clc1nccc2c(NC3CCNCC3)cccc12. The molecule has 0 spiro atoms. The Morgan fingerprint density at radius 3 is 2.74 bits per heavy atom. The zero-order valence-corrected chi connectivity index (χ0v) is 12.1. The van der Waals surface area contributed by atoms with E-state index in [-0.39, 0.29) is 12.4 Å². The van der Waals surface area contributed by atoms with Gasteiger partial charge in [0.1, 0.15) is 5.15 Å². The van der Waals surface area contributed by atoms with Crippen LogP contribution in [-0.4, -0.2) is 24.1 Å². The lowest BCUT2D eigenvalue weighted by Gasteiger charge is -2.25. The molecule has 1 aliphatic rings. The van der Waals surface area contributed by atoms with Gasteiger partial charge < -0.3 is 10.6 Å². The van der Waals surface area contributed by atoms with Crippen LogP contribution < -0.4 is 10.6 Å². The molecular weight excluding hydrogens is 281 g/mol. The summed E-state index contributed by atoms with van der Waals surface area (Å²) >= 11 is 6.12. The summed E-state index contributed by atoms with van der Waals surface area (Å²) in [7, 11) is 0. The zero-order valence-electron chi connectivity index (χ0n) is 10.5. The maximum atomic E-state index is 6.12. The summed E-state index contributed by atoms with van der Waals surface area (Å²) in [6.45, 7) is 2.18. The van der Waals surface area contributed by atoms with Crippen LogP contribution in [0.5, 0.6) is 0 Å². The Bertz CT molecular complexity index is 553. The van der Waals surface area contributed by atoms with Crippen LogP contribution in [0.1, 0.15) is 12.8 Å². The lowest BCUT2D eigenvalue weighted by atomic mass is 10.0. The van der Waals surface area contributed by atoms with Crippen molar-refractivity contribution in [3.8, 4) is 0 Å². The molecular formula is C14H17Cl2N3. The zero-order chi connectivity index (χ0) is 12.4. The van der Waals surface area contributed by atoms with Gasteiger partial charge in [-0.15, -0.1) is 12.4 Å². The molecule has 19 heavy (non-hydrogen) atoms. The number of benzene rings is 1. The summed E-state index contributed by atoms with van der Waals surface area (Å²) in [4.78, 5) is 4.12. The van der Waals surface area contributed by atoms with Crippen LogP contribution in [-0.2, 0) is 0 Å².